The first-order valence-electron chi connectivity index (χ1n) is 5.08. The average Bonchev–Trinajstić information content (AvgIpc) is 2.82. The quantitative estimate of drug-likeness (QED) is 0.903. The second-order valence-electron chi connectivity index (χ2n) is 3.70. The van der Waals surface area contributed by atoms with E-state index in [9.17, 15) is 4.79 Å². The number of nitrogens with zero attached hydrogens (tertiary/aromatic N) is 2. The highest BCUT2D eigenvalue weighted by Crippen LogP contribution is 2.15. The first-order chi connectivity index (χ1) is 8.16. The van der Waals surface area contributed by atoms with Gasteiger partial charge in [-0.05, 0) is 34.5 Å². The Hall–Kier alpha value is -1.88. The van der Waals surface area contributed by atoms with E-state index < -0.39 is 5.97 Å². The van der Waals surface area contributed by atoms with Crippen LogP contribution in [0.5, 0.6) is 0 Å². The van der Waals surface area contributed by atoms with E-state index in [4.69, 9.17) is 5.11 Å². The zero-order chi connectivity index (χ0) is 12.3. The summed E-state index contributed by atoms with van der Waals surface area (Å²) >= 11 is 1.64. The van der Waals surface area contributed by atoms with Gasteiger partial charge in [0.05, 0.1) is 5.56 Å². The maximum atomic E-state index is 10.8. The van der Waals surface area contributed by atoms with Gasteiger partial charge in [-0.15, -0.1) is 0 Å². The summed E-state index contributed by atoms with van der Waals surface area (Å²) in [4.78, 5) is 16.9. The van der Waals surface area contributed by atoms with Crippen LogP contribution >= 0.6 is 11.3 Å². The molecule has 0 saturated heterocycles. The lowest BCUT2D eigenvalue weighted by molar-refractivity contribution is 0.0697. The number of thiophene rings is 1. The van der Waals surface area contributed by atoms with Crippen LogP contribution in [0.25, 0.3) is 0 Å². The van der Waals surface area contributed by atoms with Gasteiger partial charge in [-0.1, -0.05) is 0 Å². The summed E-state index contributed by atoms with van der Waals surface area (Å²) < 4.78 is 0. The molecule has 4 nitrogen and oxygen atoms in total. The summed E-state index contributed by atoms with van der Waals surface area (Å²) in [7, 11) is 1.89. The molecule has 17 heavy (non-hydrogen) atoms. The molecule has 0 spiro atoms. The lowest BCUT2D eigenvalue weighted by atomic mass is 10.2. The highest BCUT2D eigenvalue weighted by molar-refractivity contribution is 7.07. The van der Waals surface area contributed by atoms with E-state index in [1.807, 2.05) is 23.4 Å². The molecule has 1 N–H and O–H groups in total. The predicted octanol–water partition coefficient (Wildman–Crippen LogP) is 2.48. The number of hydrogen-bond acceptors (Lipinski definition) is 4. The van der Waals surface area contributed by atoms with Gasteiger partial charge >= 0.3 is 5.97 Å². The van der Waals surface area contributed by atoms with E-state index in [0.29, 0.717) is 5.82 Å². The van der Waals surface area contributed by atoms with E-state index in [0.717, 1.165) is 6.54 Å². The van der Waals surface area contributed by atoms with Crippen LogP contribution in [-0.2, 0) is 6.54 Å². The highest BCUT2D eigenvalue weighted by Gasteiger charge is 2.08. The summed E-state index contributed by atoms with van der Waals surface area (Å²) in [6.45, 7) is 0.722. The fraction of sp³-hybridized carbons (Fsp3) is 0.167. The number of aromatic nitrogens is 1. The van der Waals surface area contributed by atoms with Crippen LogP contribution in [0.2, 0.25) is 0 Å². The molecule has 0 aliphatic rings. The molecule has 0 radical (unpaired) electrons. The van der Waals surface area contributed by atoms with Gasteiger partial charge < -0.3 is 10.0 Å². The van der Waals surface area contributed by atoms with Crippen molar-refractivity contribution in [2.75, 3.05) is 11.9 Å². The van der Waals surface area contributed by atoms with Gasteiger partial charge in [-0.2, -0.15) is 11.3 Å². The number of rotatable bonds is 4. The van der Waals surface area contributed by atoms with Gasteiger partial charge in [0, 0.05) is 19.8 Å². The Labute approximate surface area is 103 Å². The van der Waals surface area contributed by atoms with Crippen LogP contribution in [0, 0.1) is 0 Å². The minimum absolute atomic E-state index is 0.257. The third-order valence-corrected chi connectivity index (χ3v) is 3.12. The lowest BCUT2D eigenvalue weighted by Crippen LogP contribution is -2.17. The molecule has 2 aromatic rings. The monoisotopic (exact) mass is 248 g/mol. The molecule has 88 valence electrons. The van der Waals surface area contributed by atoms with Crippen LogP contribution in [0.15, 0.2) is 35.2 Å². The molecule has 0 fully saturated rings. The fourth-order valence-corrected chi connectivity index (χ4v) is 2.16. The number of aromatic carboxylic acids is 1. The van der Waals surface area contributed by atoms with Crippen molar-refractivity contribution >= 4 is 23.1 Å². The number of anilines is 1. The van der Waals surface area contributed by atoms with Gasteiger partial charge in [-0.25, -0.2) is 9.78 Å². The number of carboxylic acids is 1. The minimum atomic E-state index is -0.933. The molecule has 0 bridgehead atoms. The molecule has 5 heteroatoms. The van der Waals surface area contributed by atoms with Gasteiger partial charge in [0.1, 0.15) is 5.82 Å². The molecule has 0 saturated carbocycles. The Morgan fingerprint density at radius 3 is 3.00 bits per heavy atom. The molecule has 2 heterocycles. The molecule has 2 aromatic heterocycles. The predicted molar refractivity (Wildman–Crippen MR) is 67.6 cm³/mol. The molecule has 0 unspecified atom stereocenters. The zero-order valence-electron chi connectivity index (χ0n) is 9.33. The maximum Gasteiger partial charge on any atom is 0.335 e. The molecule has 0 aromatic carbocycles. The van der Waals surface area contributed by atoms with Crippen LogP contribution < -0.4 is 4.90 Å². The van der Waals surface area contributed by atoms with Crippen molar-refractivity contribution in [2.24, 2.45) is 0 Å². The highest BCUT2D eigenvalue weighted by atomic mass is 32.1. The van der Waals surface area contributed by atoms with Gasteiger partial charge in [-0.3, -0.25) is 0 Å². The first kappa shape index (κ1) is 11.6. The Morgan fingerprint density at radius 2 is 2.35 bits per heavy atom. The standard InChI is InChI=1S/C12H12N2O2S/c1-14(7-9-3-5-17-8-9)11-6-10(12(15)16)2-4-13-11/h2-6,8H,7H2,1H3,(H,15,16). The Bertz CT molecular complexity index is 511. The molecule has 0 aliphatic heterocycles. The Kier molecular flexibility index (Phi) is 3.39. The van der Waals surface area contributed by atoms with Crippen LogP contribution in [0.1, 0.15) is 15.9 Å². The van der Waals surface area contributed by atoms with Crippen molar-refractivity contribution in [1.29, 1.82) is 0 Å². The summed E-state index contributed by atoms with van der Waals surface area (Å²) in [6.07, 6.45) is 1.52. The van der Waals surface area contributed by atoms with Crippen molar-refractivity contribution in [3.8, 4) is 0 Å². The molecule has 0 aliphatic carbocycles. The lowest BCUT2D eigenvalue weighted by Gasteiger charge is -2.17. The van der Waals surface area contributed by atoms with Crippen LogP contribution in [-0.4, -0.2) is 23.1 Å². The van der Waals surface area contributed by atoms with Gasteiger partial charge in [0.2, 0.25) is 0 Å². The first-order valence-corrected chi connectivity index (χ1v) is 6.02. The SMILES string of the molecule is CN(Cc1ccsc1)c1cc(C(=O)O)ccn1. The summed E-state index contributed by atoms with van der Waals surface area (Å²) in [5, 5.41) is 13.0. The largest absolute Gasteiger partial charge is 0.478 e. The second kappa shape index (κ2) is 4.97. The van der Waals surface area contributed by atoms with E-state index in [1.54, 1.807) is 17.4 Å². The topological polar surface area (TPSA) is 53.4 Å². The van der Waals surface area contributed by atoms with Crippen molar-refractivity contribution in [3.05, 3.63) is 46.3 Å². The molecule has 2 rings (SSSR count). The van der Waals surface area contributed by atoms with Gasteiger partial charge in [0.25, 0.3) is 0 Å². The fourth-order valence-electron chi connectivity index (χ4n) is 1.50. The van der Waals surface area contributed by atoms with Crippen LogP contribution in [0.3, 0.4) is 0 Å². The molecular weight excluding hydrogens is 236 g/mol. The third-order valence-electron chi connectivity index (χ3n) is 2.38. The summed E-state index contributed by atoms with van der Waals surface area (Å²) in [6, 6.07) is 5.11. The Balaban J connectivity index is 2.16. The number of hydrogen-bond donors (Lipinski definition) is 1. The van der Waals surface area contributed by atoms with Crippen molar-refractivity contribution < 1.29 is 9.90 Å². The van der Waals surface area contributed by atoms with Crippen molar-refractivity contribution in [2.45, 2.75) is 6.54 Å². The van der Waals surface area contributed by atoms with Gasteiger partial charge in [0.15, 0.2) is 0 Å². The van der Waals surface area contributed by atoms with Crippen molar-refractivity contribution in [1.82, 2.24) is 4.98 Å². The molecular formula is C12H12N2O2S. The van der Waals surface area contributed by atoms with E-state index in [1.165, 1.54) is 17.8 Å². The van der Waals surface area contributed by atoms with Crippen molar-refractivity contribution in [3.63, 3.8) is 0 Å². The third kappa shape index (κ3) is 2.82. The second-order valence-corrected chi connectivity index (χ2v) is 4.48. The van der Waals surface area contributed by atoms with E-state index in [-0.39, 0.29) is 5.56 Å². The zero-order valence-corrected chi connectivity index (χ0v) is 10.1. The maximum absolute atomic E-state index is 10.8. The smallest absolute Gasteiger partial charge is 0.335 e. The van der Waals surface area contributed by atoms with E-state index in [2.05, 4.69) is 10.4 Å². The number of carboxylic acid groups (broad SMARTS) is 1. The number of carbonyl (C=O) groups is 1. The summed E-state index contributed by atoms with van der Waals surface area (Å²) in [5.41, 5.74) is 1.45. The normalized spacial score (nSPS) is 10.2. The van der Waals surface area contributed by atoms with Crippen LogP contribution in [0.4, 0.5) is 5.82 Å². The molecule has 0 amide bonds. The minimum Gasteiger partial charge on any atom is -0.478 e. The molecule has 0 atom stereocenters. The Morgan fingerprint density at radius 1 is 1.53 bits per heavy atom. The average molecular weight is 248 g/mol. The number of pyridine rings is 1. The van der Waals surface area contributed by atoms with E-state index >= 15 is 0 Å². The summed E-state index contributed by atoms with van der Waals surface area (Å²) in [5.74, 6) is -0.270.